The molecule has 5 heterocycles. The number of fused-ring (bicyclic) bond motifs is 12. The molecule has 12 rings (SSSR count). The Labute approximate surface area is 412 Å². The first kappa shape index (κ1) is 44.5. The van der Waals surface area contributed by atoms with Crippen molar-refractivity contribution in [3.8, 4) is 5.69 Å². The van der Waals surface area contributed by atoms with Crippen molar-refractivity contribution >= 4 is 84.5 Å². The Kier molecular flexibility index (Phi) is 9.04. The van der Waals surface area contributed by atoms with E-state index in [9.17, 15) is 0 Å². The molecule has 4 nitrogen and oxygen atoms in total. The van der Waals surface area contributed by atoms with Crippen LogP contribution in [0.2, 0.25) is 0 Å². The molecule has 4 aliphatic rings. The van der Waals surface area contributed by atoms with Gasteiger partial charge in [-0.25, -0.2) is 0 Å². The zero-order valence-corrected chi connectivity index (χ0v) is 44.4. The fraction of sp³-hybridized carbons (Fsp3) is 0.406. The normalized spacial score (nSPS) is 19.7. The summed E-state index contributed by atoms with van der Waals surface area (Å²) in [7, 11) is 0. The average Bonchev–Trinajstić information content (AvgIpc) is 3.87. The molecule has 2 unspecified atom stereocenters. The molecule has 0 bridgehead atoms. The number of furan rings is 1. The van der Waals surface area contributed by atoms with Crippen LogP contribution in [0.5, 0.6) is 0 Å². The zero-order chi connectivity index (χ0) is 48.9. The lowest BCUT2D eigenvalue weighted by Crippen LogP contribution is -2.64. The average molecular weight is 910 g/mol. The van der Waals surface area contributed by atoms with Crippen molar-refractivity contribution < 1.29 is 4.42 Å². The summed E-state index contributed by atoms with van der Waals surface area (Å²) >= 11 is 0. The highest BCUT2D eigenvalue weighted by Crippen LogP contribution is 2.62. The van der Waals surface area contributed by atoms with E-state index in [0.717, 1.165) is 23.0 Å². The summed E-state index contributed by atoms with van der Waals surface area (Å²) in [5, 5.41) is 2.36. The number of hydrogen-bond acceptors (Lipinski definition) is 3. The number of aromatic nitrogens is 1. The predicted molar refractivity (Wildman–Crippen MR) is 297 cm³/mol. The third-order valence-corrected chi connectivity index (χ3v) is 17.7. The van der Waals surface area contributed by atoms with Gasteiger partial charge >= 0.3 is 0 Å². The van der Waals surface area contributed by atoms with Gasteiger partial charge in [-0.1, -0.05) is 157 Å². The monoisotopic (exact) mass is 910 g/mol. The van der Waals surface area contributed by atoms with Crippen LogP contribution in [0.4, 0.5) is 28.4 Å². The standard InChI is InChI=1S/C64H72BN3O/c1-37-29-39(59(3,4)5)23-25-49(37)66(50-26-24-40(30-38(50)2)60(6,7)8)43-35-51-54-52(36-43)68-57-46(63(15)27-19-20-28-64(63,68)16)32-42(62(12,13)14)34-48(57)65(54)47-33-41(61(9,10)11)31-45-55(47)67(51)56-44-21-17-18-22-53(44)69-58(45)56/h17-18,21-26,29-36H,19-20,27-28H2,1-16H3. The lowest BCUT2D eigenvalue weighted by atomic mass is 9.33. The number of rotatable bonds is 3. The van der Waals surface area contributed by atoms with E-state index in [1.54, 1.807) is 5.56 Å². The fourth-order valence-electron chi connectivity index (χ4n) is 13.4. The van der Waals surface area contributed by atoms with Crippen LogP contribution >= 0.6 is 0 Å². The Bertz CT molecular complexity index is 3450. The Morgan fingerprint density at radius 1 is 0.565 bits per heavy atom. The van der Waals surface area contributed by atoms with Gasteiger partial charge in [-0.2, -0.15) is 0 Å². The van der Waals surface area contributed by atoms with Crippen molar-refractivity contribution in [1.29, 1.82) is 0 Å². The van der Waals surface area contributed by atoms with Crippen LogP contribution in [-0.2, 0) is 27.1 Å². The van der Waals surface area contributed by atoms with Gasteiger partial charge in [0.25, 0.3) is 6.71 Å². The molecule has 0 spiro atoms. The maximum absolute atomic E-state index is 7.10. The zero-order valence-electron chi connectivity index (χ0n) is 44.4. The van der Waals surface area contributed by atoms with Gasteiger partial charge in [0.05, 0.1) is 16.7 Å². The third-order valence-electron chi connectivity index (χ3n) is 17.7. The molecule has 0 amide bonds. The highest BCUT2D eigenvalue weighted by atomic mass is 16.3. The van der Waals surface area contributed by atoms with Crippen LogP contribution in [0, 0.1) is 13.8 Å². The molecule has 3 aliphatic heterocycles. The number of nitrogens with zero attached hydrogens (tertiary/aromatic N) is 3. The van der Waals surface area contributed by atoms with Gasteiger partial charge in [0.1, 0.15) is 11.1 Å². The second kappa shape index (κ2) is 14.0. The summed E-state index contributed by atoms with van der Waals surface area (Å²) in [6.07, 6.45) is 4.81. The molecule has 2 aromatic heterocycles. The van der Waals surface area contributed by atoms with Crippen LogP contribution in [0.15, 0.2) is 101 Å². The van der Waals surface area contributed by atoms with Crippen molar-refractivity contribution in [2.45, 2.75) is 169 Å². The maximum Gasteiger partial charge on any atom is 0.252 e. The number of benzene rings is 6. The van der Waals surface area contributed by atoms with Gasteiger partial charge in [0.2, 0.25) is 0 Å². The van der Waals surface area contributed by atoms with Crippen molar-refractivity contribution in [2.24, 2.45) is 0 Å². The largest absolute Gasteiger partial charge is 0.454 e. The van der Waals surface area contributed by atoms with Crippen LogP contribution in [0.1, 0.15) is 162 Å². The topological polar surface area (TPSA) is 24.6 Å². The summed E-state index contributed by atoms with van der Waals surface area (Å²) in [5.41, 5.74) is 25.7. The smallest absolute Gasteiger partial charge is 0.252 e. The number of anilines is 5. The van der Waals surface area contributed by atoms with Crippen molar-refractivity contribution in [2.75, 3.05) is 9.80 Å². The van der Waals surface area contributed by atoms with Gasteiger partial charge in [-0.3, -0.25) is 0 Å². The van der Waals surface area contributed by atoms with Crippen molar-refractivity contribution in [3.05, 3.63) is 136 Å². The van der Waals surface area contributed by atoms with E-state index in [1.165, 1.54) is 120 Å². The van der Waals surface area contributed by atoms with Crippen molar-refractivity contribution in [1.82, 2.24) is 4.57 Å². The van der Waals surface area contributed by atoms with E-state index < -0.39 is 0 Å². The van der Waals surface area contributed by atoms with E-state index >= 15 is 0 Å². The molecule has 352 valence electrons. The summed E-state index contributed by atoms with van der Waals surface area (Å²) in [5.74, 6) is 0. The Balaban J connectivity index is 1.27. The molecule has 0 N–H and O–H groups in total. The number of aryl methyl sites for hydroxylation is 2. The van der Waals surface area contributed by atoms with Gasteiger partial charge < -0.3 is 18.8 Å². The molecule has 0 saturated heterocycles. The highest BCUT2D eigenvalue weighted by Gasteiger charge is 2.61. The summed E-state index contributed by atoms with van der Waals surface area (Å²) in [6, 6.07) is 38.7. The molecule has 69 heavy (non-hydrogen) atoms. The van der Waals surface area contributed by atoms with E-state index in [0.29, 0.717) is 0 Å². The number of para-hydroxylation sites is 1. The second-order valence-electron chi connectivity index (χ2n) is 26.4. The quantitative estimate of drug-likeness (QED) is 0.165. The summed E-state index contributed by atoms with van der Waals surface area (Å²) in [4.78, 5) is 5.52. The lowest BCUT2D eigenvalue weighted by Gasteiger charge is -2.52. The van der Waals surface area contributed by atoms with E-state index in [2.05, 4.69) is 222 Å². The van der Waals surface area contributed by atoms with Gasteiger partial charge in [-0.05, 0) is 153 Å². The fourth-order valence-corrected chi connectivity index (χ4v) is 13.4. The van der Waals surface area contributed by atoms with E-state index in [-0.39, 0.29) is 39.3 Å². The van der Waals surface area contributed by atoms with Crippen LogP contribution in [0.25, 0.3) is 38.7 Å². The van der Waals surface area contributed by atoms with E-state index in [1.807, 2.05) is 0 Å². The molecule has 1 fully saturated rings. The SMILES string of the molecule is Cc1cc(C(C)(C)C)ccc1N(c1cc2c3c(c1)-n1c4c(cc(C(C)(C)C)cc4c4oc5ccccc5c41)B3c1cc(C(C)(C)C)cc3c1N2C1(C)CCCCC31C)c1ccc(C(C)(C)C)cc1C. The van der Waals surface area contributed by atoms with Gasteiger partial charge in [-0.15, -0.1) is 0 Å². The minimum atomic E-state index is -0.132. The van der Waals surface area contributed by atoms with Crippen molar-refractivity contribution in [3.63, 3.8) is 0 Å². The molecule has 1 saturated carbocycles. The minimum Gasteiger partial charge on any atom is -0.454 e. The molecular weight excluding hydrogens is 838 g/mol. The van der Waals surface area contributed by atoms with Crippen LogP contribution < -0.4 is 26.2 Å². The Morgan fingerprint density at radius 3 is 1.74 bits per heavy atom. The lowest BCUT2D eigenvalue weighted by molar-refractivity contribution is 0.195. The highest BCUT2D eigenvalue weighted by molar-refractivity contribution is 7.00. The first-order valence-corrected chi connectivity index (χ1v) is 26.0. The van der Waals surface area contributed by atoms with Crippen LogP contribution in [0.3, 0.4) is 0 Å². The van der Waals surface area contributed by atoms with E-state index in [4.69, 9.17) is 4.42 Å². The summed E-state index contributed by atoms with van der Waals surface area (Å²) < 4.78 is 9.75. The van der Waals surface area contributed by atoms with Gasteiger partial charge in [0.15, 0.2) is 5.58 Å². The molecular formula is C64H72BN3O. The molecule has 5 heteroatoms. The first-order valence-electron chi connectivity index (χ1n) is 26.0. The first-order chi connectivity index (χ1) is 32.3. The van der Waals surface area contributed by atoms with Crippen LogP contribution in [-0.4, -0.2) is 16.8 Å². The third kappa shape index (κ3) is 6.07. The summed E-state index contributed by atoms with van der Waals surface area (Å²) in [6.45, 7) is 38.2. The van der Waals surface area contributed by atoms with Gasteiger partial charge in [0, 0.05) is 44.6 Å². The second-order valence-corrected chi connectivity index (χ2v) is 26.4. The molecule has 0 radical (unpaired) electrons. The maximum atomic E-state index is 7.10. The molecule has 2 atom stereocenters. The Hall–Kier alpha value is -5.68. The minimum absolute atomic E-state index is 0.0230. The Morgan fingerprint density at radius 2 is 1.13 bits per heavy atom. The molecule has 8 aromatic rings. The molecule has 6 aromatic carbocycles. The predicted octanol–water partition coefficient (Wildman–Crippen LogP) is 15.7. The molecule has 1 aliphatic carbocycles. The number of hydrogen-bond donors (Lipinski definition) is 0.